The SMILES string of the molecule is Cl.N[C@@H]1CC[C@@H](NC(=O)C2CCS(=O)(=O)CC2)C1. The second-order valence-electron chi connectivity index (χ2n) is 5.20. The van der Waals surface area contributed by atoms with Crippen molar-refractivity contribution >= 4 is 28.2 Å². The molecule has 106 valence electrons. The van der Waals surface area contributed by atoms with Gasteiger partial charge in [0.2, 0.25) is 5.91 Å². The molecule has 7 heteroatoms. The number of halogens is 1. The van der Waals surface area contributed by atoms with Crippen molar-refractivity contribution in [2.24, 2.45) is 11.7 Å². The van der Waals surface area contributed by atoms with Crippen molar-refractivity contribution in [3.8, 4) is 0 Å². The van der Waals surface area contributed by atoms with Gasteiger partial charge < -0.3 is 11.1 Å². The standard InChI is InChI=1S/C11H20N2O3S.ClH/c12-9-1-2-10(7-9)13-11(14)8-3-5-17(15,16)6-4-8;/h8-10H,1-7,12H2,(H,13,14);1H/t9-,10-;/m1./s1. The first kappa shape index (κ1) is 15.7. The number of carbonyl (C=O) groups excluding carboxylic acids is 1. The Bertz CT molecular complexity index is 385. The van der Waals surface area contributed by atoms with Crippen molar-refractivity contribution in [1.29, 1.82) is 0 Å². The predicted octanol–water partition coefficient (Wildman–Crippen LogP) is 0.229. The largest absolute Gasteiger partial charge is 0.353 e. The highest BCUT2D eigenvalue weighted by Crippen LogP contribution is 2.21. The van der Waals surface area contributed by atoms with E-state index in [1.165, 1.54) is 0 Å². The van der Waals surface area contributed by atoms with Gasteiger partial charge in [0, 0.05) is 18.0 Å². The summed E-state index contributed by atoms with van der Waals surface area (Å²) >= 11 is 0. The van der Waals surface area contributed by atoms with Gasteiger partial charge in [0.25, 0.3) is 0 Å². The average molecular weight is 297 g/mol. The highest BCUT2D eigenvalue weighted by Gasteiger charge is 2.31. The Morgan fingerprint density at radius 3 is 2.22 bits per heavy atom. The maximum Gasteiger partial charge on any atom is 0.223 e. The van der Waals surface area contributed by atoms with Crippen LogP contribution < -0.4 is 11.1 Å². The van der Waals surface area contributed by atoms with Crippen molar-refractivity contribution in [1.82, 2.24) is 5.32 Å². The summed E-state index contributed by atoms with van der Waals surface area (Å²) in [6, 6.07) is 0.392. The van der Waals surface area contributed by atoms with Crippen LogP contribution in [0.5, 0.6) is 0 Å². The second kappa shape index (κ2) is 6.21. The number of hydrogen-bond donors (Lipinski definition) is 2. The molecule has 0 spiro atoms. The normalized spacial score (nSPS) is 31.6. The van der Waals surface area contributed by atoms with Gasteiger partial charge >= 0.3 is 0 Å². The number of sulfone groups is 1. The topological polar surface area (TPSA) is 89.3 Å². The summed E-state index contributed by atoms with van der Waals surface area (Å²) in [5, 5.41) is 2.99. The molecule has 1 saturated carbocycles. The van der Waals surface area contributed by atoms with Gasteiger partial charge in [0.1, 0.15) is 9.84 Å². The van der Waals surface area contributed by atoms with E-state index in [2.05, 4.69) is 5.32 Å². The number of nitrogens with one attached hydrogen (secondary N) is 1. The van der Waals surface area contributed by atoms with Crippen LogP contribution in [0.4, 0.5) is 0 Å². The van der Waals surface area contributed by atoms with Crippen molar-refractivity contribution in [2.75, 3.05) is 11.5 Å². The first-order valence-corrected chi connectivity index (χ1v) is 8.05. The fourth-order valence-electron chi connectivity index (χ4n) is 2.62. The van der Waals surface area contributed by atoms with E-state index in [1.54, 1.807) is 0 Å². The van der Waals surface area contributed by atoms with Crippen LogP contribution in [-0.2, 0) is 14.6 Å². The van der Waals surface area contributed by atoms with E-state index in [4.69, 9.17) is 5.73 Å². The number of carbonyl (C=O) groups is 1. The summed E-state index contributed by atoms with van der Waals surface area (Å²) in [4.78, 5) is 11.9. The van der Waals surface area contributed by atoms with Crippen LogP contribution >= 0.6 is 12.4 Å². The molecule has 5 nitrogen and oxygen atoms in total. The molecule has 1 amide bonds. The highest BCUT2D eigenvalue weighted by molar-refractivity contribution is 7.91. The molecule has 3 N–H and O–H groups in total. The third-order valence-electron chi connectivity index (χ3n) is 3.74. The summed E-state index contributed by atoms with van der Waals surface area (Å²) in [5.74, 6) is 0.180. The van der Waals surface area contributed by atoms with E-state index in [1.807, 2.05) is 0 Å². The third kappa shape index (κ3) is 4.10. The lowest BCUT2D eigenvalue weighted by Gasteiger charge is -2.23. The minimum Gasteiger partial charge on any atom is -0.353 e. The zero-order chi connectivity index (χ0) is 12.5. The quantitative estimate of drug-likeness (QED) is 0.763. The summed E-state index contributed by atoms with van der Waals surface area (Å²) in [6.07, 6.45) is 3.68. The van der Waals surface area contributed by atoms with Gasteiger partial charge in [0.15, 0.2) is 0 Å². The summed E-state index contributed by atoms with van der Waals surface area (Å²) in [6.45, 7) is 0. The maximum atomic E-state index is 11.9. The van der Waals surface area contributed by atoms with Crippen LogP contribution in [0.25, 0.3) is 0 Å². The Labute approximate surface area is 114 Å². The molecule has 0 unspecified atom stereocenters. The number of rotatable bonds is 2. The van der Waals surface area contributed by atoms with Gasteiger partial charge in [-0.1, -0.05) is 0 Å². The molecular weight excluding hydrogens is 276 g/mol. The average Bonchev–Trinajstić information content (AvgIpc) is 2.63. The molecule has 1 aliphatic carbocycles. The molecule has 2 rings (SSSR count). The zero-order valence-electron chi connectivity index (χ0n) is 10.3. The smallest absolute Gasteiger partial charge is 0.223 e. The van der Waals surface area contributed by atoms with Crippen LogP contribution in [0, 0.1) is 5.92 Å². The first-order valence-electron chi connectivity index (χ1n) is 6.22. The molecule has 1 heterocycles. The second-order valence-corrected chi connectivity index (χ2v) is 7.51. The first-order chi connectivity index (χ1) is 7.96. The van der Waals surface area contributed by atoms with E-state index >= 15 is 0 Å². The fourth-order valence-corrected chi connectivity index (χ4v) is 4.11. The Morgan fingerprint density at radius 2 is 1.72 bits per heavy atom. The molecule has 0 aromatic heterocycles. The van der Waals surface area contributed by atoms with Gasteiger partial charge in [-0.05, 0) is 32.1 Å². The Hall–Kier alpha value is -0.330. The van der Waals surface area contributed by atoms with E-state index in [-0.39, 0.29) is 47.8 Å². The molecule has 2 fully saturated rings. The van der Waals surface area contributed by atoms with Crippen LogP contribution in [0.2, 0.25) is 0 Å². The number of hydrogen-bond acceptors (Lipinski definition) is 4. The van der Waals surface area contributed by atoms with Gasteiger partial charge in [0.05, 0.1) is 11.5 Å². The molecule has 1 aliphatic heterocycles. The number of amides is 1. The van der Waals surface area contributed by atoms with Gasteiger partial charge in [-0.15, -0.1) is 12.4 Å². The maximum absolute atomic E-state index is 11.9. The fraction of sp³-hybridized carbons (Fsp3) is 0.909. The lowest BCUT2D eigenvalue weighted by atomic mass is 10.0. The summed E-state index contributed by atoms with van der Waals surface area (Å²) < 4.78 is 22.5. The van der Waals surface area contributed by atoms with Gasteiger partial charge in [-0.2, -0.15) is 0 Å². The van der Waals surface area contributed by atoms with E-state index in [9.17, 15) is 13.2 Å². The lowest BCUT2D eigenvalue weighted by molar-refractivity contribution is -0.125. The number of nitrogens with two attached hydrogens (primary N) is 1. The molecular formula is C11H21ClN2O3S. The van der Waals surface area contributed by atoms with Crippen LogP contribution in [0.1, 0.15) is 32.1 Å². The third-order valence-corrected chi connectivity index (χ3v) is 5.46. The van der Waals surface area contributed by atoms with Crippen LogP contribution in [0.15, 0.2) is 0 Å². The van der Waals surface area contributed by atoms with Gasteiger partial charge in [-0.3, -0.25) is 4.79 Å². The van der Waals surface area contributed by atoms with E-state index in [0.29, 0.717) is 12.8 Å². The van der Waals surface area contributed by atoms with Crippen molar-refractivity contribution < 1.29 is 13.2 Å². The van der Waals surface area contributed by atoms with Crippen molar-refractivity contribution in [3.05, 3.63) is 0 Å². The minimum absolute atomic E-state index is 0. The predicted molar refractivity (Wildman–Crippen MR) is 72.4 cm³/mol. The van der Waals surface area contributed by atoms with E-state index < -0.39 is 9.84 Å². The Balaban J connectivity index is 0.00000162. The molecule has 0 aromatic carbocycles. The molecule has 0 radical (unpaired) electrons. The molecule has 1 saturated heterocycles. The highest BCUT2D eigenvalue weighted by atomic mass is 35.5. The van der Waals surface area contributed by atoms with Crippen molar-refractivity contribution in [2.45, 2.75) is 44.2 Å². The van der Waals surface area contributed by atoms with E-state index in [0.717, 1.165) is 19.3 Å². The molecule has 0 aromatic rings. The lowest BCUT2D eigenvalue weighted by Crippen LogP contribution is -2.41. The molecule has 2 aliphatic rings. The molecule has 0 bridgehead atoms. The van der Waals surface area contributed by atoms with Crippen molar-refractivity contribution in [3.63, 3.8) is 0 Å². The Morgan fingerprint density at radius 1 is 1.11 bits per heavy atom. The summed E-state index contributed by atoms with van der Waals surface area (Å²) in [7, 11) is -2.89. The van der Waals surface area contributed by atoms with Crippen LogP contribution in [0.3, 0.4) is 0 Å². The zero-order valence-corrected chi connectivity index (χ0v) is 11.9. The minimum atomic E-state index is -2.89. The molecule has 2 atom stereocenters. The van der Waals surface area contributed by atoms with Gasteiger partial charge in [-0.25, -0.2) is 8.42 Å². The van der Waals surface area contributed by atoms with Crippen LogP contribution in [-0.4, -0.2) is 37.9 Å². The Kier molecular flexibility index (Phi) is 5.43. The monoisotopic (exact) mass is 296 g/mol. The molecule has 18 heavy (non-hydrogen) atoms. The summed E-state index contributed by atoms with van der Waals surface area (Å²) in [5.41, 5.74) is 5.78.